The fraction of sp³-hybridized carbons (Fsp3) is 0.444. The number of hydrogen-bond donors (Lipinski definition) is 1. The highest BCUT2D eigenvalue weighted by molar-refractivity contribution is 9.11. The van der Waals surface area contributed by atoms with Crippen LogP contribution in [0.1, 0.15) is 0 Å². The molecule has 1 aromatic heterocycles. The summed E-state index contributed by atoms with van der Waals surface area (Å²) in [6.45, 7) is 0.816. The SMILES string of the molecule is O=C(O)N1CCN(S(=O)(=O)c2ccc(Br)s2)CC1. The predicted molar refractivity (Wildman–Crippen MR) is 70.4 cm³/mol. The molecule has 2 heterocycles. The second kappa shape index (κ2) is 5.16. The van der Waals surface area contributed by atoms with E-state index in [1.54, 1.807) is 12.1 Å². The van der Waals surface area contributed by atoms with Crippen molar-refractivity contribution in [2.75, 3.05) is 26.2 Å². The number of rotatable bonds is 2. The second-order valence-corrected chi connectivity index (χ2v) is 8.36. The molecule has 6 nitrogen and oxygen atoms in total. The van der Waals surface area contributed by atoms with Gasteiger partial charge in [-0.25, -0.2) is 13.2 Å². The van der Waals surface area contributed by atoms with Gasteiger partial charge in [0.1, 0.15) is 4.21 Å². The van der Waals surface area contributed by atoms with Crippen molar-refractivity contribution in [2.24, 2.45) is 0 Å². The third-order valence-corrected chi connectivity index (χ3v) is 6.64. The first kappa shape index (κ1) is 13.8. The van der Waals surface area contributed by atoms with Gasteiger partial charge in [-0.3, -0.25) is 0 Å². The van der Waals surface area contributed by atoms with Crippen molar-refractivity contribution >= 4 is 43.4 Å². The van der Waals surface area contributed by atoms with Crippen molar-refractivity contribution in [3.63, 3.8) is 0 Å². The molecule has 9 heteroatoms. The van der Waals surface area contributed by atoms with Crippen LogP contribution in [0.25, 0.3) is 0 Å². The molecule has 0 bridgehead atoms. The molecule has 1 amide bonds. The summed E-state index contributed by atoms with van der Waals surface area (Å²) < 4.78 is 26.8. The Kier molecular flexibility index (Phi) is 3.95. The molecule has 1 aliphatic rings. The van der Waals surface area contributed by atoms with Crippen LogP contribution in [0.15, 0.2) is 20.1 Å². The van der Waals surface area contributed by atoms with Gasteiger partial charge in [-0.1, -0.05) is 0 Å². The molecule has 0 radical (unpaired) electrons. The zero-order valence-electron chi connectivity index (χ0n) is 9.24. The van der Waals surface area contributed by atoms with Crippen LogP contribution in [0.5, 0.6) is 0 Å². The number of nitrogens with zero attached hydrogens (tertiary/aromatic N) is 2. The lowest BCUT2D eigenvalue weighted by Gasteiger charge is -2.31. The number of amides is 1. The molecule has 100 valence electrons. The van der Waals surface area contributed by atoms with Crippen molar-refractivity contribution in [3.8, 4) is 0 Å². The Morgan fingerprint density at radius 1 is 1.28 bits per heavy atom. The van der Waals surface area contributed by atoms with Crippen molar-refractivity contribution in [1.82, 2.24) is 9.21 Å². The summed E-state index contributed by atoms with van der Waals surface area (Å²) in [5.74, 6) is 0. The number of carbonyl (C=O) groups is 1. The number of carboxylic acid groups (broad SMARTS) is 1. The summed E-state index contributed by atoms with van der Waals surface area (Å²) in [5, 5.41) is 8.80. The van der Waals surface area contributed by atoms with E-state index >= 15 is 0 Å². The Labute approximate surface area is 117 Å². The van der Waals surface area contributed by atoms with Gasteiger partial charge >= 0.3 is 6.09 Å². The Balaban J connectivity index is 2.12. The molecule has 18 heavy (non-hydrogen) atoms. The van der Waals surface area contributed by atoms with Crippen LogP contribution in [0, 0.1) is 0 Å². The largest absolute Gasteiger partial charge is 0.465 e. The minimum atomic E-state index is -3.49. The summed E-state index contributed by atoms with van der Waals surface area (Å²) in [4.78, 5) is 12.0. The van der Waals surface area contributed by atoms with Crippen LogP contribution in [0.3, 0.4) is 0 Å². The quantitative estimate of drug-likeness (QED) is 0.872. The number of piperazine rings is 1. The fourth-order valence-corrected chi connectivity index (χ4v) is 5.27. The van der Waals surface area contributed by atoms with Crippen molar-refractivity contribution in [1.29, 1.82) is 0 Å². The van der Waals surface area contributed by atoms with Crippen molar-refractivity contribution < 1.29 is 18.3 Å². The van der Waals surface area contributed by atoms with Crippen LogP contribution in [0.2, 0.25) is 0 Å². The average molecular weight is 355 g/mol. The highest BCUT2D eigenvalue weighted by atomic mass is 79.9. The zero-order chi connectivity index (χ0) is 13.3. The van der Waals surface area contributed by atoms with Crippen LogP contribution < -0.4 is 0 Å². The van der Waals surface area contributed by atoms with E-state index in [1.165, 1.54) is 9.21 Å². The van der Waals surface area contributed by atoms with E-state index in [1.807, 2.05) is 0 Å². The van der Waals surface area contributed by atoms with Gasteiger partial charge in [0.15, 0.2) is 0 Å². The molecule has 0 aliphatic carbocycles. The van der Waals surface area contributed by atoms with E-state index in [2.05, 4.69) is 15.9 Å². The number of sulfonamides is 1. The first-order valence-corrected chi connectivity index (χ1v) is 8.19. The van der Waals surface area contributed by atoms with Gasteiger partial charge in [0.05, 0.1) is 3.79 Å². The van der Waals surface area contributed by atoms with Gasteiger partial charge in [0.25, 0.3) is 10.0 Å². The van der Waals surface area contributed by atoms with E-state index in [0.717, 1.165) is 15.1 Å². The first-order valence-electron chi connectivity index (χ1n) is 5.14. The number of hydrogen-bond acceptors (Lipinski definition) is 4. The van der Waals surface area contributed by atoms with E-state index in [-0.39, 0.29) is 30.4 Å². The molecule has 1 saturated heterocycles. The number of halogens is 1. The van der Waals surface area contributed by atoms with Gasteiger partial charge in [-0.05, 0) is 28.1 Å². The van der Waals surface area contributed by atoms with Gasteiger partial charge in [-0.2, -0.15) is 4.31 Å². The summed E-state index contributed by atoms with van der Waals surface area (Å²) in [5.41, 5.74) is 0. The van der Waals surface area contributed by atoms with Crippen LogP contribution >= 0.6 is 27.3 Å². The van der Waals surface area contributed by atoms with Gasteiger partial charge in [0.2, 0.25) is 0 Å². The van der Waals surface area contributed by atoms with Crippen molar-refractivity contribution in [2.45, 2.75) is 4.21 Å². The van der Waals surface area contributed by atoms with Gasteiger partial charge < -0.3 is 10.0 Å². The molecule has 0 saturated carbocycles. The van der Waals surface area contributed by atoms with Crippen molar-refractivity contribution in [3.05, 3.63) is 15.9 Å². The van der Waals surface area contributed by atoms with Gasteiger partial charge in [-0.15, -0.1) is 11.3 Å². The smallest absolute Gasteiger partial charge is 0.407 e. The summed E-state index contributed by atoms with van der Waals surface area (Å²) in [6.07, 6.45) is -1.01. The summed E-state index contributed by atoms with van der Waals surface area (Å²) in [6, 6.07) is 3.23. The Hall–Kier alpha value is -0.640. The maximum atomic E-state index is 12.2. The lowest BCUT2D eigenvalue weighted by Crippen LogP contribution is -2.50. The Morgan fingerprint density at radius 2 is 1.89 bits per heavy atom. The Morgan fingerprint density at radius 3 is 2.33 bits per heavy atom. The fourth-order valence-electron chi connectivity index (χ4n) is 1.68. The average Bonchev–Trinajstić information content (AvgIpc) is 2.76. The van der Waals surface area contributed by atoms with E-state index < -0.39 is 16.1 Å². The predicted octanol–water partition coefficient (Wildman–Crippen LogP) is 1.49. The molecule has 0 unspecified atom stereocenters. The lowest BCUT2D eigenvalue weighted by molar-refractivity contribution is 0.126. The summed E-state index contributed by atoms with van der Waals surface area (Å²) in [7, 11) is -3.49. The van der Waals surface area contributed by atoms with Crippen LogP contribution in [-0.4, -0.2) is 55.0 Å². The topological polar surface area (TPSA) is 77.9 Å². The highest BCUT2D eigenvalue weighted by Crippen LogP contribution is 2.28. The molecular weight excluding hydrogens is 344 g/mol. The van der Waals surface area contributed by atoms with E-state index in [9.17, 15) is 13.2 Å². The molecule has 0 atom stereocenters. The number of thiophene rings is 1. The van der Waals surface area contributed by atoms with Gasteiger partial charge in [0, 0.05) is 26.2 Å². The standard InChI is InChI=1S/C9H11BrN2O4S2/c10-7-1-2-8(17-7)18(15,16)12-5-3-11(4-6-12)9(13)14/h1-2H,3-6H2,(H,13,14). The zero-order valence-corrected chi connectivity index (χ0v) is 12.5. The molecule has 1 aromatic rings. The minimum Gasteiger partial charge on any atom is -0.465 e. The van der Waals surface area contributed by atoms with Crippen LogP contribution in [-0.2, 0) is 10.0 Å². The normalized spacial score (nSPS) is 17.9. The van der Waals surface area contributed by atoms with Crippen LogP contribution in [0.4, 0.5) is 4.79 Å². The molecule has 2 rings (SSSR count). The molecule has 0 aromatic carbocycles. The lowest BCUT2D eigenvalue weighted by atomic mass is 10.4. The third-order valence-electron chi connectivity index (χ3n) is 2.65. The molecule has 1 fully saturated rings. The maximum Gasteiger partial charge on any atom is 0.407 e. The summed E-state index contributed by atoms with van der Waals surface area (Å²) >= 11 is 4.38. The Bertz CT molecular complexity index is 549. The molecule has 1 N–H and O–H groups in total. The third kappa shape index (κ3) is 2.68. The molecule has 0 spiro atoms. The molecule has 1 aliphatic heterocycles. The highest BCUT2D eigenvalue weighted by Gasteiger charge is 2.30. The molecular formula is C9H11BrN2O4S2. The first-order chi connectivity index (χ1) is 8.41. The monoisotopic (exact) mass is 354 g/mol. The minimum absolute atomic E-state index is 0.199. The van der Waals surface area contributed by atoms with E-state index in [4.69, 9.17) is 5.11 Å². The second-order valence-electron chi connectivity index (χ2n) is 3.73. The van der Waals surface area contributed by atoms with E-state index in [0.29, 0.717) is 0 Å². The maximum absolute atomic E-state index is 12.2.